The highest BCUT2D eigenvalue weighted by Crippen LogP contribution is 2.37. The van der Waals surface area contributed by atoms with E-state index < -0.39 is 11.9 Å². The molecular formula is C18H17N3O3S. The Labute approximate surface area is 148 Å². The van der Waals surface area contributed by atoms with Crippen LogP contribution in [-0.4, -0.2) is 33.3 Å². The molecule has 128 valence electrons. The van der Waals surface area contributed by atoms with Gasteiger partial charge in [0, 0.05) is 24.7 Å². The number of anilines is 1. The number of benzene rings is 1. The normalized spacial score (nSPS) is 16.9. The zero-order chi connectivity index (χ0) is 17.7. The number of aliphatic carboxylic acids is 1. The molecule has 1 amide bonds. The van der Waals surface area contributed by atoms with Crippen LogP contribution in [0.15, 0.2) is 30.3 Å². The van der Waals surface area contributed by atoms with Gasteiger partial charge in [0.2, 0.25) is 0 Å². The van der Waals surface area contributed by atoms with E-state index in [0.717, 1.165) is 15.9 Å². The number of para-hydroxylation sites is 1. The first-order chi connectivity index (χ1) is 12.0. The summed E-state index contributed by atoms with van der Waals surface area (Å²) in [4.78, 5) is 27.9. The summed E-state index contributed by atoms with van der Waals surface area (Å²) in [7, 11) is 1.87. The molecule has 1 aliphatic heterocycles. The third-order valence-corrected chi connectivity index (χ3v) is 5.88. The second kappa shape index (κ2) is 5.70. The van der Waals surface area contributed by atoms with Crippen molar-refractivity contribution in [2.75, 3.05) is 11.4 Å². The molecule has 3 heterocycles. The number of fused-ring (bicyclic) bond motifs is 2. The van der Waals surface area contributed by atoms with Gasteiger partial charge >= 0.3 is 5.97 Å². The van der Waals surface area contributed by atoms with Gasteiger partial charge in [-0.2, -0.15) is 5.10 Å². The van der Waals surface area contributed by atoms with Crippen molar-refractivity contribution in [2.24, 2.45) is 7.05 Å². The molecule has 4 rings (SSSR count). The maximum absolute atomic E-state index is 13.1. The Morgan fingerprint density at radius 3 is 2.80 bits per heavy atom. The number of amides is 1. The monoisotopic (exact) mass is 355 g/mol. The molecule has 1 unspecified atom stereocenters. The summed E-state index contributed by atoms with van der Waals surface area (Å²) in [6, 6.07) is 9.16. The lowest BCUT2D eigenvalue weighted by atomic mass is 9.90. The van der Waals surface area contributed by atoms with Gasteiger partial charge < -0.3 is 10.0 Å². The summed E-state index contributed by atoms with van der Waals surface area (Å²) >= 11 is 1.42. The highest BCUT2D eigenvalue weighted by atomic mass is 32.1. The fourth-order valence-electron chi connectivity index (χ4n) is 3.47. The van der Waals surface area contributed by atoms with E-state index in [4.69, 9.17) is 0 Å². The standard InChI is InChI=1S/C18H17N3O3S/c1-10-13-9-15(25-17(13)20(2)19-10)16(22)21-8-7-12(18(23)24)11-5-3-4-6-14(11)21/h3-6,9,12H,7-8H2,1-2H3,(H,23,24). The highest BCUT2D eigenvalue weighted by molar-refractivity contribution is 7.20. The average Bonchev–Trinajstić information content (AvgIpc) is 3.15. The number of hydrogen-bond acceptors (Lipinski definition) is 4. The second-order valence-corrected chi connectivity index (χ2v) is 7.26. The second-order valence-electron chi connectivity index (χ2n) is 6.23. The van der Waals surface area contributed by atoms with Crippen LogP contribution in [0, 0.1) is 6.92 Å². The Bertz CT molecular complexity index is 970. The van der Waals surface area contributed by atoms with E-state index in [0.29, 0.717) is 29.1 Å². The molecule has 0 bridgehead atoms. The maximum atomic E-state index is 13.1. The minimum absolute atomic E-state index is 0.0862. The number of carboxylic acids is 1. The van der Waals surface area contributed by atoms with Crippen LogP contribution in [0.1, 0.15) is 33.3 Å². The maximum Gasteiger partial charge on any atom is 0.311 e. The van der Waals surface area contributed by atoms with Gasteiger partial charge in [0.25, 0.3) is 5.91 Å². The smallest absolute Gasteiger partial charge is 0.311 e. The molecule has 1 atom stereocenters. The van der Waals surface area contributed by atoms with Crippen LogP contribution in [-0.2, 0) is 11.8 Å². The fourth-order valence-corrected chi connectivity index (χ4v) is 4.55. The van der Waals surface area contributed by atoms with Gasteiger partial charge in [0.15, 0.2) is 0 Å². The van der Waals surface area contributed by atoms with Crippen LogP contribution in [0.5, 0.6) is 0 Å². The van der Waals surface area contributed by atoms with Crippen molar-refractivity contribution in [1.82, 2.24) is 9.78 Å². The number of nitrogens with zero attached hydrogens (tertiary/aromatic N) is 3. The lowest BCUT2D eigenvalue weighted by molar-refractivity contribution is -0.139. The molecule has 0 saturated carbocycles. The molecule has 0 aliphatic carbocycles. The van der Waals surface area contributed by atoms with Gasteiger partial charge in [-0.3, -0.25) is 14.3 Å². The van der Waals surface area contributed by atoms with Crippen molar-refractivity contribution in [3.63, 3.8) is 0 Å². The Morgan fingerprint density at radius 1 is 1.32 bits per heavy atom. The Kier molecular flexibility index (Phi) is 3.61. The molecule has 0 saturated heterocycles. The van der Waals surface area contributed by atoms with Crippen molar-refractivity contribution in [1.29, 1.82) is 0 Å². The third-order valence-electron chi connectivity index (χ3n) is 4.69. The molecule has 1 aromatic carbocycles. The number of carbonyl (C=O) groups is 2. The lowest BCUT2D eigenvalue weighted by Gasteiger charge is -2.32. The van der Waals surface area contributed by atoms with Crippen LogP contribution < -0.4 is 4.90 Å². The number of aromatic nitrogens is 2. The quantitative estimate of drug-likeness (QED) is 0.766. The van der Waals surface area contributed by atoms with Gasteiger partial charge in [-0.05, 0) is 31.0 Å². The van der Waals surface area contributed by atoms with Gasteiger partial charge in [-0.1, -0.05) is 18.2 Å². The van der Waals surface area contributed by atoms with E-state index in [2.05, 4.69) is 5.10 Å². The van der Waals surface area contributed by atoms with E-state index in [1.165, 1.54) is 11.3 Å². The molecule has 0 fully saturated rings. The number of carbonyl (C=O) groups excluding carboxylic acids is 1. The van der Waals surface area contributed by atoms with Crippen molar-refractivity contribution in [3.8, 4) is 0 Å². The first kappa shape index (κ1) is 15.8. The number of aryl methyl sites for hydroxylation is 2. The summed E-state index contributed by atoms with van der Waals surface area (Å²) in [6.45, 7) is 2.33. The predicted molar refractivity (Wildman–Crippen MR) is 96.4 cm³/mol. The number of rotatable bonds is 2. The molecular weight excluding hydrogens is 338 g/mol. The summed E-state index contributed by atoms with van der Waals surface area (Å²) in [5, 5.41) is 14.8. The van der Waals surface area contributed by atoms with E-state index in [1.54, 1.807) is 15.6 Å². The van der Waals surface area contributed by atoms with E-state index in [9.17, 15) is 14.7 Å². The SMILES string of the molecule is Cc1nn(C)c2sc(C(=O)N3CCC(C(=O)O)c4ccccc43)cc12. The molecule has 1 aliphatic rings. The Hall–Kier alpha value is -2.67. The van der Waals surface area contributed by atoms with Crippen molar-refractivity contribution in [2.45, 2.75) is 19.3 Å². The molecule has 3 aromatic rings. The van der Waals surface area contributed by atoms with E-state index in [-0.39, 0.29) is 5.91 Å². The molecule has 25 heavy (non-hydrogen) atoms. The van der Waals surface area contributed by atoms with Crippen LogP contribution in [0.3, 0.4) is 0 Å². The van der Waals surface area contributed by atoms with Gasteiger partial charge in [0.05, 0.1) is 16.5 Å². The Morgan fingerprint density at radius 2 is 2.08 bits per heavy atom. The molecule has 2 aromatic heterocycles. The van der Waals surface area contributed by atoms with Gasteiger partial charge in [-0.15, -0.1) is 11.3 Å². The largest absolute Gasteiger partial charge is 0.481 e. The van der Waals surface area contributed by atoms with Gasteiger partial charge in [-0.25, -0.2) is 0 Å². The summed E-state index contributed by atoms with van der Waals surface area (Å²) < 4.78 is 1.79. The summed E-state index contributed by atoms with van der Waals surface area (Å²) in [5.74, 6) is -1.49. The predicted octanol–water partition coefficient (Wildman–Crippen LogP) is 3.16. The highest BCUT2D eigenvalue weighted by Gasteiger charge is 2.33. The van der Waals surface area contributed by atoms with Crippen LogP contribution in [0.4, 0.5) is 5.69 Å². The van der Waals surface area contributed by atoms with E-state index >= 15 is 0 Å². The zero-order valence-corrected chi connectivity index (χ0v) is 14.7. The third kappa shape index (κ3) is 2.42. The minimum atomic E-state index is -0.844. The zero-order valence-electron chi connectivity index (χ0n) is 13.9. The average molecular weight is 355 g/mol. The van der Waals surface area contributed by atoms with Crippen molar-refractivity contribution >= 4 is 39.1 Å². The topological polar surface area (TPSA) is 75.4 Å². The molecule has 0 radical (unpaired) electrons. The minimum Gasteiger partial charge on any atom is -0.481 e. The number of hydrogen-bond donors (Lipinski definition) is 1. The number of thiophene rings is 1. The summed E-state index contributed by atoms with van der Waals surface area (Å²) in [5.41, 5.74) is 2.30. The first-order valence-corrected chi connectivity index (χ1v) is 8.85. The fraction of sp³-hybridized carbons (Fsp3) is 0.278. The van der Waals surface area contributed by atoms with Crippen molar-refractivity contribution < 1.29 is 14.7 Å². The van der Waals surface area contributed by atoms with Crippen LogP contribution >= 0.6 is 11.3 Å². The van der Waals surface area contributed by atoms with E-state index in [1.807, 2.05) is 38.2 Å². The molecule has 6 nitrogen and oxygen atoms in total. The van der Waals surface area contributed by atoms with Gasteiger partial charge in [0.1, 0.15) is 4.83 Å². The van der Waals surface area contributed by atoms with Crippen molar-refractivity contribution in [3.05, 3.63) is 46.5 Å². The lowest BCUT2D eigenvalue weighted by Crippen LogP contribution is -2.37. The van der Waals surface area contributed by atoms with Crippen LogP contribution in [0.2, 0.25) is 0 Å². The molecule has 0 spiro atoms. The first-order valence-electron chi connectivity index (χ1n) is 8.04. The Balaban J connectivity index is 1.75. The van der Waals surface area contributed by atoms with Crippen LogP contribution in [0.25, 0.3) is 10.2 Å². The molecule has 1 N–H and O–H groups in total. The summed E-state index contributed by atoms with van der Waals surface area (Å²) in [6.07, 6.45) is 0.420. The number of carboxylic acid groups (broad SMARTS) is 1. The molecule has 7 heteroatoms.